The predicted octanol–water partition coefficient (Wildman–Crippen LogP) is 4.20. The van der Waals surface area contributed by atoms with E-state index in [0.29, 0.717) is 19.1 Å². The van der Waals surface area contributed by atoms with Gasteiger partial charge in [-0.3, -0.25) is 15.4 Å². The Bertz CT molecular complexity index is 741. The minimum Gasteiger partial charge on any atom is -0.493 e. The number of nitrogens with zero attached hydrogens (tertiary/aromatic N) is 2. The van der Waals surface area contributed by atoms with Crippen LogP contribution in [0.3, 0.4) is 0 Å². The van der Waals surface area contributed by atoms with Crippen LogP contribution in [0.25, 0.3) is 0 Å². The second kappa shape index (κ2) is 11.9. The lowest BCUT2D eigenvalue weighted by Crippen LogP contribution is -2.36. The maximum absolute atomic E-state index is 13.0. The maximum Gasteiger partial charge on any atom is 0.267 e. The van der Waals surface area contributed by atoms with E-state index in [2.05, 4.69) is 20.7 Å². The number of anilines is 1. The molecule has 0 atom stereocenters. The van der Waals surface area contributed by atoms with Crippen LogP contribution in [-0.4, -0.2) is 24.1 Å². The molecule has 0 saturated carbocycles. The summed E-state index contributed by atoms with van der Waals surface area (Å²) in [7, 11) is 0. The topological polar surface area (TPSA) is 84.6 Å². The number of guanidine groups is 1. The summed E-state index contributed by atoms with van der Waals surface area (Å²) in [6, 6.07) is 8.40. The van der Waals surface area contributed by atoms with Crippen molar-refractivity contribution in [3.63, 3.8) is 0 Å². The molecule has 0 unspecified atom stereocenters. The number of hydrogen-bond donors (Lipinski definition) is 3. The molecule has 0 saturated heterocycles. The number of benzene rings is 1. The molecule has 0 amide bonds. The number of pyridine rings is 1. The van der Waals surface area contributed by atoms with E-state index in [0.717, 1.165) is 36.9 Å². The zero-order valence-corrected chi connectivity index (χ0v) is 16.0. The molecule has 4 N–H and O–H groups in total. The Morgan fingerprint density at radius 2 is 1.89 bits per heavy atom. The van der Waals surface area contributed by atoms with Crippen LogP contribution in [-0.2, 0) is 0 Å². The van der Waals surface area contributed by atoms with Crippen molar-refractivity contribution in [2.24, 2.45) is 10.8 Å². The average molecular weight is 391 g/mol. The molecule has 0 radical (unpaired) electrons. The van der Waals surface area contributed by atoms with Gasteiger partial charge in [0.15, 0.2) is 0 Å². The molecule has 0 aliphatic heterocycles. The van der Waals surface area contributed by atoms with E-state index in [9.17, 15) is 8.78 Å². The summed E-state index contributed by atoms with van der Waals surface area (Å²) in [6.45, 7) is 2.91. The molecule has 28 heavy (non-hydrogen) atoms. The summed E-state index contributed by atoms with van der Waals surface area (Å²) in [4.78, 5) is 8.33. The van der Waals surface area contributed by atoms with Crippen molar-refractivity contribution in [3.05, 3.63) is 53.9 Å². The van der Waals surface area contributed by atoms with Crippen molar-refractivity contribution < 1.29 is 13.5 Å². The second-order valence-corrected chi connectivity index (χ2v) is 6.34. The summed E-state index contributed by atoms with van der Waals surface area (Å²) in [6.07, 6.45) is 4.44. The number of hydrogen-bond acceptors (Lipinski definition) is 4. The standard InChI is InChI=1S/C20H27F2N5O/c1-15-6-7-17(19(21)22)18(14-15)28-13-5-3-2-4-10-25-20(27-23)26-16-8-11-24-12-9-16/h6-9,11-12,14,19H,2-5,10,13,23H2,1H3,(H2,24,25,26,27). The van der Waals surface area contributed by atoms with E-state index in [-0.39, 0.29) is 11.3 Å². The van der Waals surface area contributed by atoms with Gasteiger partial charge in [0.2, 0.25) is 5.96 Å². The Hall–Kier alpha value is -2.74. The number of ether oxygens (including phenoxy) is 1. The van der Waals surface area contributed by atoms with Gasteiger partial charge in [-0.25, -0.2) is 14.6 Å². The fourth-order valence-electron chi connectivity index (χ4n) is 2.58. The van der Waals surface area contributed by atoms with Gasteiger partial charge in [-0.05, 0) is 56.0 Å². The fraction of sp³-hybridized carbons (Fsp3) is 0.400. The van der Waals surface area contributed by atoms with Crippen LogP contribution < -0.4 is 21.3 Å². The smallest absolute Gasteiger partial charge is 0.267 e. The van der Waals surface area contributed by atoms with Crippen molar-refractivity contribution in [3.8, 4) is 5.75 Å². The maximum atomic E-state index is 13.0. The molecule has 1 heterocycles. The molecule has 8 heteroatoms. The summed E-state index contributed by atoms with van der Waals surface area (Å²) >= 11 is 0. The number of aliphatic imine (C=N–C) groups is 1. The van der Waals surface area contributed by atoms with Crippen molar-refractivity contribution >= 4 is 11.6 Å². The second-order valence-electron chi connectivity index (χ2n) is 6.34. The van der Waals surface area contributed by atoms with Gasteiger partial charge in [0.25, 0.3) is 6.43 Å². The van der Waals surface area contributed by atoms with Gasteiger partial charge in [0, 0.05) is 24.6 Å². The van der Waals surface area contributed by atoms with Gasteiger partial charge < -0.3 is 10.1 Å². The molecular formula is C20H27F2N5O. The number of nitrogens with two attached hydrogens (primary N) is 1. The van der Waals surface area contributed by atoms with Gasteiger partial charge in [0.05, 0.1) is 12.2 Å². The lowest BCUT2D eigenvalue weighted by atomic mass is 10.1. The third kappa shape index (κ3) is 7.48. The minimum atomic E-state index is -2.53. The molecule has 0 fully saturated rings. The van der Waals surface area contributed by atoms with Crippen LogP contribution in [0.2, 0.25) is 0 Å². The van der Waals surface area contributed by atoms with Gasteiger partial charge in [-0.1, -0.05) is 12.5 Å². The highest BCUT2D eigenvalue weighted by Crippen LogP contribution is 2.30. The average Bonchev–Trinajstić information content (AvgIpc) is 2.69. The van der Waals surface area contributed by atoms with Gasteiger partial charge >= 0.3 is 0 Å². The minimum absolute atomic E-state index is 0.0524. The van der Waals surface area contributed by atoms with E-state index < -0.39 is 6.43 Å². The molecule has 0 bridgehead atoms. The van der Waals surface area contributed by atoms with Crippen LogP contribution in [0.15, 0.2) is 47.7 Å². The van der Waals surface area contributed by atoms with Gasteiger partial charge in [-0.15, -0.1) is 0 Å². The Morgan fingerprint density at radius 1 is 1.14 bits per heavy atom. The lowest BCUT2D eigenvalue weighted by molar-refractivity contribution is 0.145. The van der Waals surface area contributed by atoms with Gasteiger partial charge in [0.1, 0.15) is 5.75 Å². The number of rotatable bonds is 10. The fourth-order valence-corrected chi connectivity index (χ4v) is 2.58. The Labute approximate surface area is 164 Å². The van der Waals surface area contributed by atoms with Crippen LogP contribution in [0.5, 0.6) is 5.75 Å². The number of nitrogens with one attached hydrogen (secondary N) is 2. The third-order valence-electron chi connectivity index (χ3n) is 4.06. The number of alkyl halides is 2. The lowest BCUT2D eigenvalue weighted by Gasteiger charge is -2.12. The van der Waals surface area contributed by atoms with Crippen molar-refractivity contribution in [2.45, 2.75) is 39.0 Å². The number of aromatic nitrogens is 1. The third-order valence-corrected chi connectivity index (χ3v) is 4.06. The first-order chi connectivity index (χ1) is 13.6. The largest absolute Gasteiger partial charge is 0.493 e. The molecule has 1 aromatic heterocycles. The first-order valence-electron chi connectivity index (χ1n) is 9.29. The number of aryl methyl sites for hydroxylation is 1. The van der Waals surface area contributed by atoms with Crippen LogP contribution in [0.4, 0.5) is 14.5 Å². The highest BCUT2D eigenvalue weighted by Gasteiger charge is 2.13. The molecule has 0 spiro atoms. The van der Waals surface area contributed by atoms with Crippen molar-refractivity contribution in [1.82, 2.24) is 10.4 Å². The first kappa shape index (κ1) is 21.6. The van der Waals surface area contributed by atoms with E-state index in [1.165, 1.54) is 6.07 Å². The summed E-state index contributed by atoms with van der Waals surface area (Å²) < 4.78 is 31.5. The normalized spacial score (nSPS) is 11.5. The summed E-state index contributed by atoms with van der Waals surface area (Å²) in [5.41, 5.74) is 4.24. The Kier molecular flexibility index (Phi) is 9.14. The Balaban J connectivity index is 1.63. The molecule has 2 aromatic rings. The predicted molar refractivity (Wildman–Crippen MR) is 108 cm³/mol. The zero-order chi connectivity index (χ0) is 20.2. The highest BCUT2D eigenvalue weighted by molar-refractivity contribution is 5.93. The molecule has 0 aliphatic carbocycles. The van der Waals surface area contributed by atoms with Crippen LogP contribution >= 0.6 is 0 Å². The van der Waals surface area contributed by atoms with E-state index >= 15 is 0 Å². The number of halogens is 2. The van der Waals surface area contributed by atoms with E-state index in [4.69, 9.17) is 10.6 Å². The Morgan fingerprint density at radius 3 is 2.61 bits per heavy atom. The van der Waals surface area contributed by atoms with E-state index in [1.54, 1.807) is 24.5 Å². The molecule has 1 aromatic carbocycles. The van der Waals surface area contributed by atoms with Crippen LogP contribution in [0, 0.1) is 6.92 Å². The molecule has 2 rings (SSSR count). The molecule has 0 aliphatic rings. The number of hydrazine groups is 1. The summed E-state index contributed by atoms with van der Waals surface area (Å²) in [5.74, 6) is 6.24. The zero-order valence-electron chi connectivity index (χ0n) is 16.0. The molecule has 152 valence electrons. The first-order valence-corrected chi connectivity index (χ1v) is 9.29. The van der Waals surface area contributed by atoms with E-state index in [1.807, 2.05) is 19.1 Å². The van der Waals surface area contributed by atoms with Crippen LogP contribution in [0.1, 0.15) is 43.2 Å². The van der Waals surface area contributed by atoms with Gasteiger partial charge in [-0.2, -0.15) is 0 Å². The highest BCUT2D eigenvalue weighted by atomic mass is 19.3. The monoisotopic (exact) mass is 391 g/mol. The summed E-state index contributed by atoms with van der Waals surface area (Å²) in [5, 5.41) is 3.07. The SMILES string of the molecule is Cc1ccc(C(F)F)c(OCCCCCCN=C(NN)Nc2ccncc2)c1. The quantitative estimate of drug-likeness (QED) is 0.186. The van der Waals surface area contributed by atoms with Crippen molar-refractivity contribution in [2.75, 3.05) is 18.5 Å². The molecular weight excluding hydrogens is 364 g/mol. The number of unbranched alkanes of at least 4 members (excludes halogenated alkanes) is 3. The molecule has 6 nitrogen and oxygen atoms in total. The van der Waals surface area contributed by atoms with Crippen molar-refractivity contribution in [1.29, 1.82) is 0 Å².